The second-order valence-corrected chi connectivity index (χ2v) is 4.77. The molecule has 0 saturated carbocycles. The van der Waals surface area contributed by atoms with Gasteiger partial charge in [-0.2, -0.15) is 22.0 Å². The lowest BCUT2D eigenvalue weighted by Crippen LogP contribution is -2.20. The maximum Gasteiger partial charge on any atom is 0.416 e. The summed E-state index contributed by atoms with van der Waals surface area (Å²) >= 11 is 0. The van der Waals surface area contributed by atoms with E-state index >= 15 is 0 Å². The van der Waals surface area contributed by atoms with E-state index in [0.717, 1.165) is 18.2 Å². The zero-order chi connectivity index (χ0) is 18.4. The van der Waals surface area contributed by atoms with Crippen LogP contribution in [0.3, 0.4) is 0 Å². The summed E-state index contributed by atoms with van der Waals surface area (Å²) in [6, 6.07) is 9.25. The van der Waals surface area contributed by atoms with Gasteiger partial charge in [0, 0.05) is 5.69 Å². The van der Waals surface area contributed by atoms with Crippen molar-refractivity contribution in [2.45, 2.75) is 12.8 Å². The SMILES string of the molecule is O=C(COc1cccc(C(F)(F)F)c1)Nc1ccc(OC(F)F)cc1. The highest BCUT2D eigenvalue weighted by molar-refractivity contribution is 5.91. The lowest BCUT2D eigenvalue weighted by Gasteiger charge is -2.11. The third-order valence-corrected chi connectivity index (χ3v) is 2.89. The van der Waals surface area contributed by atoms with Crippen LogP contribution in [0.5, 0.6) is 11.5 Å². The topological polar surface area (TPSA) is 47.6 Å². The minimum Gasteiger partial charge on any atom is -0.484 e. The second kappa shape index (κ2) is 7.82. The number of ether oxygens (including phenoxy) is 2. The van der Waals surface area contributed by atoms with Crippen molar-refractivity contribution in [3.05, 3.63) is 54.1 Å². The smallest absolute Gasteiger partial charge is 0.416 e. The van der Waals surface area contributed by atoms with Gasteiger partial charge in [0.2, 0.25) is 0 Å². The fourth-order valence-electron chi connectivity index (χ4n) is 1.83. The summed E-state index contributed by atoms with van der Waals surface area (Å²) in [7, 11) is 0. The molecule has 134 valence electrons. The van der Waals surface area contributed by atoms with Gasteiger partial charge in [-0.1, -0.05) is 6.07 Å². The number of rotatable bonds is 6. The number of hydrogen-bond donors (Lipinski definition) is 1. The van der Waals surface area contributed by atoms with Crippen LogP contribution in [-0.2, 0) is 11.0 Å². The van der Waals surface area contributed by atoms with Crippen molar-refractivity contribution in [1.82, 2.24) is 0 Å². The fraction of sp³-hybridized carbons (Fsp3) is 0.188. The molecule has 2 aromatic rings. The van der Waals surface area contributed by atoms with Gasteiger partial charge in [-0.05, 0) is 42.5 Å². The maximum atomic E-state index is 12.6. The fourth-order valence-corrected chi connectivity index (χ4v) is 1.83. The Labute approximate surface area is 139 Å². The molecule has 9 heteroatoms. The monoisotopic (exact) mass is 361 g/mol. The molecular formula is C16H12F5NO3. The van der Waals surface area contributed by atoms with Crippen LogP contribution in [0.1, 0.15) is 5.56 Å². The molecule has 0 spiro atoms. The first-order valence-corrected chi connectivity index (χ1v) is 6.89. The number of anilines is 1. The molecule has 0 aliphatic carbocycles. The lowest BCUT2D eigenvalue weighted by atomic mass is 10.2. The van der Waals surface area contributed by atoms with E-state index in [4.69, 9.17) is 4.74 Å². The maximum absolute atomic E-state index is 12.6. The molecule has 0 bridgehead atoms. The third kappa shape index (κ3) is 5.94. The van der Waals surface area contributed by atoms with Gasteiger partial charge >= 0.3 is 12.8 Å². The lowest BCUT2D eigenvalue weighted by molar-refractivity contribution is -0.137. The normalized spacial score (nSPS) is 11.3. The van der Waals surface area contributed by atoms with Crippen molar-refractivity contribution < 1.29 is 36.2 Å². The van der Waals surface area contributed by atoms with Crippen LogP contribution in [-0.4, -0.2) is 19.1 Å². The number of carbonyl (C=O) groups excluding carboxylic acids is 1. The molecule has 4 nitrogen and oxygen atoms in total. The molecular weight excluding hydrogens is 349 g/mol. The van der Waals surface area contributed by atoms with Gasteiger partial charge < -0.3 is 14.8 Å². The number of benzene rings is 2. The molecule has 1 N–H and O–H groups in total. The predicted molar refractivity (Wildman–Crippen MR) is 78.6 cm³/mol. The summed E-state index contributed by atoms with van der Waals surface area (Å²) in [4.78, 5) is 11.7. The van der Waals surface area contributed by atoms with Crippen LogP contribution in [0.2, 0.25) is 0 Å². The van der Waals surface area contributed by atoms with Crippen LogP contribution in [0.25, 0.3) is 0 Å². The van der Waals surface area contributed by atoms with Crippen molar-refractivity contribution in [2.24, 2.45) is 0 Å². The predicted octanol–water partition coefficient (Wildman–Crippen LogP) is 4.32. The summed E-state index contributed by atoms with van der Waals surface area (Å²) in [5.41, 5.74) is -0.598. The minimum absolute atomic E-state index is 0.0757. The molecule has 0 atom stereocenters. The summed E-state index contributed by atoms with van der Waals surface area (Å²) in [5, 5.41) is 2.41. The quantitative estimate of drug-likeness (QED) is 0.780. The van der Waals surface area contributed by atoms with Crippen molar-refractivity contribution in [3.63, 3.8) is 0 Å². The molecule has 2 aromatic carbocycles. The van der Waals surface area contributed by atoms with E-state index in [1.54, 1.807) is 0 Å². The zero-order valence-corrected chi connectivity index (χ0v) is 12.5. The molecule has 0 saturated heterocycles. The van der Waals surface area contributed by atoms with Gasteiger partial charge in [-0.25, -0.2) is 0 Å². The molecule has 0 aliphatic heterocycles. The van der Waals surface area contributed by atoms with E-state index in [0.29, 0.717) is 5.69 Å². The van der Waals surface area contributed by atoms with E-state index in [1.165, 1.54) is 30.3 Å². The summed E-state index contributed by atoms with van der Waals surface area (Å²) in [6.45, 7) is -3.47. The average molecular weight is 361 g/mol. The molecule has 0 unspecified atom stereocenters. The highest BCUT2D eigenvalue weighted by Crippen LogP contribution is 2.31. The summed E-state index contributed by atoms with van der Waals surface area (Å²) in [5.74, 6) is -0.807. The van der Waals surface area contributed by atoms with Crippen molar-refractivity contribution in [3.8, 4) is 11.5 Å². The van der Waals surface area contributed by atoms with E-state index in [9.17, 15) is 26.7 Å². The first kappa shape index (κ1) is 18.5. The number of halogens is 5. The minimum atomic E-state index is -4.51. The van der Waals surface area contributed by atoms with Gasteiger partial charge in [-0.3, -0.25) is 4.79 Å². The Morgan fingerprint density at radius 2 is 1.72 bits per heavy atom. The summed E-state index contributed by atoms with van der Waals surface area (Å²) in [6.07, 6.45) is -4.51. The Balaban J connectivity index is 1.88. The molecule has 0 aromatic heterocycles. The Hall–Kier alpha value is -2.84. The zero-order valence-electron chi connectivity index (χ0n) is 12.5. The van der Waals surface area contributed by atoms with E-state index in [1.807, 2.05) is 0 Å². The van der Waals surface area contributed by atoms with Gasteiger partial charge in [0.15, 0.2) is 6.61 Å². The highest BCUT2D eigenvalue weighted by atomic mass is 19.4. The van der Waals surface area contributed by atoms with Crippen molar-refractivity contribution >= 4 is 11.6 Å². The average Bonchev–Trinajstić information content (AvgIpc) is 2.54. The van der Waals surface area contributed by atoms with Gasteiger partial charge in [-0.15, -0.1) is 0 Å². The van der Waals surface area contributed by atoms with Crippen LogP contribution in [0.15, 0.2) is 48.5 Å². The van der Waals surface area contributed by atoms with Crippen LogP contribution >= 0.6 is 0 Å². The van der Waals surface area contributed by atoms with E-state index in [-0.39, 0.29) is 11.5 Å². The van der Waals surface area contributed by atoms with Crippen LogP contribution in [0, 0.1) is 0 Å². The molecule has 2 rings (SSSR count). The molecule has 1 amide bonds. The van der Waals surface area contributed by atoms with Crippen LogP contribution < -0.4 is 14.8 Å². The first-order chi connectivity index (χ1) is 11.7. The Morgan fingerprint density at radius 1 is 1.04 bits per heavy atom. The van der Waals surface area contributed by atoms with Crippen molar-refractivity contribution in [1.29, 1.82) is 0 Å². The molecule has 0 aliphatic rings. The number of alkyl halides is 5. The number of hydrogen-bond acceptors (Lipinski definition) is 3. The van der Waals surface area contributed by atoms with E-state index < -0.39 is 30.9 Å². The molecule has 0 radical (unpaired) electrons. The Morgan fingerprint density at radius 3 is 2.32 bits per heavy atom. The largest absolute Gasteiger partial charge is 0.484 e. The Kier molecular flexibility index (Phi) is 5.79. The molecule has 0 fully saturated rings. The van der Waals surface area contributed by atoms with Gasteiger partial charge in [0.05, 0.1) is 5.56 Å². The number of nitrogens with one attached hydrogen (secondary N) is 1. The second-order valence-electron chi connectivity index (χ2n) is 4.77. The highest BCUT2D eigenvalue weighted by Gasteiger charge is 2.30. The van der Waals surface area contributed by atoms with Crippen molar-refractivity contribution in [2.75, 3.05) is 11.9 Å². The number of amides is 1. The van der Waals surface area contributed by atoms with Crippen LogP contribution in [0.4, 0.5) is 27.6 Å². The Bertz CT molecular complexity index is 716. The van der Waals surface area contributed by atoms with Gasteiger partial charge in [0.1, 0.15) is 11.5 Å². The first-order valence-electron chi connectivity index (χ1n) is 6.89. The third-order valence-electron chi connectivity index (χ3n) is 2.89. The molecule has 0 heterocycles. The molecule has 25 heavy (non-hydrogen) atoms. The number of carbonyl (C=O) groups is 1. The standard InChI is InChI=1S/C16H12F5NO3/c17-15(18)25-12-6-4-11(5-7-12)22-14(23)9-24-13-3-1-2-10(8-13)16(19,20)21/h1-8,15H,9H2,(H,22,23). The summed E-state index contributed by atoms with van der Waals surface area (Å²) < 4.78 is 70.9. The van der Waals surface area contributed by atoms with E-state index in [2.05, 4.69) is 10.1 Å². The van der Waals surface area contributed by atoms with Gasteiger partial charge in [0.25, 0.3) is 5.91 Å².